The van der Waals surface area contributed by atoms with Gasteiger partial charge in [-0.3, -0.25) is 0 Å². The quantitative estimate of drug-likeness (QED) is 0.821. The standard InChI is InChI=1S/C15H21N3S2/c1-5-16-14(9-19-15-18-17-12(4)20-15)13-7-10(2)6-11(3)8-13/h6-8,14,16H,5,9H2,1-4H3. The van der Waals surface area contributed by atoms with Crippen molar-refractivity contribution < 1.29 is 0 Å². The Balaban J connectivity index is 2.09. The number of nitrogens with zero attached hydrogens (tertiary/aromatic N) is 2. The van der Waals surface area contributed by atoms with Crippen molar-refractivity contribution in [1.29, 1.82) is 0 Å². The maximum Gasteiger partial charge on any atom is 0.174 e. The molecule has 1 heterocycles. The van der Waals surface area contributed by atoms with Gasteiger partial charge in [0, 0.05) is 11.8 Å². The third-order valence-corrected chi connectivity index (χ3v) is 5.04. The summed E-state index contributed by atoms with van der Waals surface area (Å²) in [7, 11) is 0. The van der Waals surface area contributed by atoms with Crippen LogP contribution >= 0.6 is 23.1 Å². The fourth-order valence-electron chi connectivity index (χ4n) is 2.22. The summed E-state index contributed by atoms with van der Waals surface area (Å²) in [5.74, 6) is 0.978. The topological polar surface area (TPSA) is 37.8 Å². The molecule has 1 aromatic heterocycles. The molecule has 1 unspecified atom stereocenters. The summed E-state index contributed by atoms with van der Waals surface area (Å²) < 4.78 is 1.05. The fourth-order valence-corrected chi connectivity index (χ4v) is 4.16. The minimum Gasteiger partial charge on any atom is -0.309 e. The van der Waals surface area contributed by atoms with Gasteiger partial charge in [0.1, 0.15) is 5.01 Å². The Hall–Kier alpha value is -0.910. The van der Waals surface area contributed by atoms with Crippen LogP contribution in [0.25, 0.3) is 0 Å². The lowest BCUT2D eigenvalue weighted by atomic mass is 10.0. The summed E-state index contributed by atoms with van der Waals surface area (Å²) in [6.45, 7) is 9.41. The minimum absolute atomic E-state index is 0.354. The maximum absolute atomic E-state index is 4.18. The Kier molecular flexibility index (Phi) is 5.57. The van der Waals surface area contributed by atoms with Gasteiger partial charge in [0.15, 0.2) is 4.34 Å². The van der Waals surface area contributed by atoms with Gasteiger partial charge < -0.3 is 5.32 Å². The second-order valence-electron chi connectivity index (χ2n) is 4.93. The van der Waals surface area contributed by atoms with Crippen LogP contribution in [0.4, 0.5) is 0 Å². The second-order valence-corrected chi connectivity index (χ2v) is 7.38. The highest BCUT2D eigenvalue weighted by molar-refractivity contribution is 8.01. The molecule has 0 aliphatic heterocycles. The fraction of sp³-hybridized carbons (Fsp3) is 0.467. The van der Waals surface area contributed by atoms with Crippen LogP contribution in [0.5, 0.6) is 0 Å². The van der Waals surface area contributed by atoms with Crippen LogP contribution in [0.2, 0.25) is 0 Å². The van der Waals surface area contributed by atoms with E-state index in [0.29, 0.717) is 6.04 Å². The first-order valence-corrected chi connectivity index (χ1v) is 8.63. The van der Waals surface area contributed by atoms with Crippen LogP contribution in [-0.4, -0.2) is 22.5 Å². The Morgan fingerprint density at radius 3 is 2.40 bits per heavy atom. The zero-order valence-corrected chi connectivity index (χ0v) is 14.1. The molecule has 1 N–H and O–H groups in total. The largest absolute Gasteiger partial charge is 0.309 e. The lowest BCUT2D eigenvalue weighted by molar-refractivity contribution is 0.605. The van der Waals surface area contributed by atoms with Crippen LogP contribution in [0.3, 0.4) is 0 Å². The molecule has 0 spiro atoms. The van der Waals surface area contributed by atoms with Gasteiger partial charge in [0.25, 0.3) is 0 Å². The molecule has 0 amide bonds. The lowest BCUT2D eigenvalue weighted by Crippen LogP contribution is -2.23. The average molecular weight is 307 g/mol. The number of benzene rings is 1. The number of nitrogens with one attached hydrogen (secondary N) is 1. The molecule has 20 heavy (non-hydrogen) atoms. The second kappa shape index (κ2) is 7.20. The van der Waals surface area contributed by atoms with Crippen molar-refractivity contribution in [3.05, 3.63) is 39.9 Å². The maximum atomic E-state index is 4.18. The SMILES string of the molecule is CCNC(CSc1nnc(C)s1)c1cc(C)cc(C)c1. The first-order chi connectivity index (χ1) is 9.58. The molecule has 2 aromatic rings. The van der Waals surface area contributed by atoms with Crippen molar-refractivity contribution >= 4 is 23.1 Å². The van der Waals surface area contributed by atoms with Crippen molar-refractivity contribution in [2.75, 3.05) is 12.3 Å². The number of hydrogen-bond acceptors (Lipinski definition) is 5. The Bertz CT molecular complexity index is 546. The van der Waals surface area contributed by atoms with E-state index in [0.717, 1.165) is 21.6 Å². The van der Waals surface area contributed by atoms with Gasteiger partial charge in [-0.1, -0.05) is 59.3 Å². The predicted molar refractivity (Wildman–Crippen MR) is 87.7 cm³/mol. The summed E-state index contributed by atoms with van der Waals surface area (Å²) in [5.41, 5.74) is 4.00. The molecule has 108 valence electrons. The van der Waals surface area contributed by atoms with Gasteiger partial charge in [-0.25, -0.2) is 0 Å². The number of aromatic nitrogens is 2. The van der Waals surface area contributed by atoms with E-state index in [9.17, 15) is 0 Å². The molecule has 5 heteroatoms. The highest BCUT2D eigenvalue weighted by atomic mass is 32.2. The molecule has 0 saturated carbocycles. The van der Waals surface area contributed by atoms with E-state index in [4.69, 9.17) is 0 Å². The van der Waals surface area contributed by atoms with E-state index in [1.165, 1.54) is 16.7 Å². The van der Waals surface area contributed by atoms with Crippen LogP contribution in [-0.2, 0) is 0 Å². The number of rotatable bonds is 6. The lowest BCUT2D eigenvalue weighted by Gasteiger charge is -2.18. The molecule has 2 rings (SSSR count). The molecule has 0 radical (unpaired) electrons. The normalized spacial score (nSPS) is 12.6. The molecule has 0 aliphatic carbocycles. The van der Waals surface area contributed by atoms with E-state index < -0.39 is 0 Å². The summed E-state index contributed by atoms with van der Waals surface area (Å²) in [6.07, 6.45) is 0. The van der Waals surface area contributed by atoms with Crippen LogP contribution in [0, 0.1) is 20.8 Å². The van der Waals surface area contributed by atoms with E-state index in [1.54, 1.807) is 23.1 Å². The van der Waals surface area contributed by atoms with Gasteiger partial charge in [0.2, 0.25) is 0 Å². The monoisotopic (exact) mass is 307 g/mol. The van der Waals surface area contributed by atoms with Gasteiger partial charge in [-0.05, 0) is 32.9 Å². The zero-order valence-electron chi connectivity index (χ0n) is 12.4. The van der Waals surface area contributed by atoms with Crippen molar-refractivity contribution in [3.63, 3.8) is 0 Å². The van der Waals surface area contributed by atoms with E-state index in [-0.39, 0.29) is 0 Å². The summed E-state index contributed by atoms with van der Waals surface area (Å²) in [6, 6.07) is 7.11. The summed E-state index contributed by atoms with van der Waals surface area (Å²) in [5, 5.41) is 12.8. The summed E-state index contributed by atoms with van der Waals surface area (Å²) >= 11 is 3.44. The number of aryl methyl sites for hydroxylation is 3. The Labute approximate surface area is 129 Å². The molecule has 0 saturated heterocycles. The Morgan fingerprint density at radius 1 is 1.15 bits per heavy atom. The molecular weight excluding hydrogens is 286 g/mol. The van der Waals surface area contributed by atoms with E-state index in [2.05, 4.69) is 54.5 Å². The van der Waals surface area contributed by atoms with Crippen LogP contribution < -0.4 is 5.32 Å². The van der Waals surface area contributed by atoms with Crippen LogP contribution in [0.1, 0.15) is 34.7 Å². The first-order valence-electron chi connectivity index (χ1n) is 6.83. The van der Waals surface area contributed by atoms with Crippen molar-refractivity contribution in [2.45, 2.75) is 38.1 Å². The van der Waals surface area contributed by atoms with Crippen molar-refractivity contribution in [2.24, 2.45) is 0 Å². The molecule has 3 nitrogen and oxygen atoms in total. The number of thioether (sulfide) groups is 1. The predicted octanol–water partition coefficient (Wildman–Crippen LogP) is 3.91. The third kappa shape index (κ3) is 4.30. The van der Waals surface area contributed by atoms with Gasteiger partial charge in [-0.2, -0.15) is 0 Å². The van der Waals surface area contributed by atoms with Gasteiger partial charge in [-0.15, -0.1) is 10.2 Å². The molecule has 1 atom stereocenters. The number of hydrogen-bond donors (Lipinski definition) is 1. The van der Waals surface area contributed by atoms with Crippen LogP contribution in [0.15, 0.2) is 22.5 Å². The highest BCUT2D eigenvalue weighted by Gasteiger charge is 2.13. The minimum atomic E-state index is 0.354. The molecule has 0 bridgehead atoms. The van der Waals surface area contributed by atoms with E-state index in [1.807, 2.05) is 6.92 Å². The van der Waals surface area contributed by atoms with Crippen molar-refractivity contribution in [3.8, 4) is 0 Å². The Morgan fingerprint density at radius 2 is 1.85 bits per heavy atom. The third-order valence-electron chi connectivity index (χ3n) is 2.98. The van der Waals surface area contributed by atoms with E-state index >= 15 is 0 Å². The smallest absolute Gasteiger partial charge is 0.174 e. The molecule has 0 fully saturated rings. The van der Waals surface area contributed by atoms with Crippen molar-refractivity contribution in [1.82, 2.24) is 15.5 Å². The molecule has 1 aromatic carbocycles. The first kappa shape index (κ1) is 15.5. The summed E-state index contributed by atoms with van der Waals surface area (Å²) in [4.78, 5) is 0. The van der Waals surface area contributed by atoms with Gasteiger partial charge in [0.05, 0.1) is 0 Å². The van der Waals surface area contributed by atoms with Gasteiger partial charge >= 0.3 is 0 Å². The zero-order chi connectivity index (χ0) is 14.5. The molecular formula is C15H21N3S2. The average Bonchev–Trinajstić information content (AvgIpc) is 2.79. The molecule has 0 aliphatic rings. The highest BCUT2D eigenvalue weighted by Crippen LogP contribution is 2.27.